The number of allylic oxidation sites excluding steroid dienone is 2. The van der Waals surface area contributed by atoms with E-state index >= 15 is 0 Å². The minimum Gasteiger partial charge on any atom is -0.507 e. The van der Waals surface area contributed by atoms with Crippen LogP contribution in [-0.4, -0.2) is 51.8 Å². The van der Waals surface area contributed by atoms with Gasteiger partial charge in [-0.25, -0.2) is 0 Å². The van der Waals surface area contributed by atoms with Crippen molar-refractivity contribution in [3.8, 4) is 5.75 Å². The Labute approximate surface area is 212 Å². The number of carbonyl (C=O) groups is 2. The van der Waals surface area contributed by atoms with Crippen molar-refractivity contribution in [2.45, 2.75) is 39.2 Å². The second-order valence-corrected chi connectivity index (χ2v) is 10.1. The van der Waals surface area contributed by atoms with Crippen molar-refractivity contribution in [1.82, 2.24) is 4.90 Å². The molecule has 1 aliphatic carbocycles. The van der Waals surface area contributed by atoms with Crippen LogP contribution in [0, 0.1) is 23.7 Å². The van der Waals surface area contributed by atoms with Crippen molar-refractivity contribution in [1.29, 1.82) is 0 Å². The van der Waals surface area contributed by atoms with Crippen LogP contribution < -0.4 is 0 Å². The molecule has 3 N–H and O–H groups in total. The van der Waals surface area contributed by atoms with E-state index in [1.54, 1.807) is 12.1 Å². The molecule has 1 heterocycles. The maximum atomic E-state index is 12.9. The van der Waals surface area contributed by atoms with E-state index < -0.39 is 23.9 Å². The number of benzene rings is 2. The largest absolute Gasteiger partial charge is 0.507 e. The van der Waals surface area contributed by atoms with Gasteiger partial charge in [0.15, 0.2) is 0 Å². The van der Waals surface area contributed by atoms with E-state index in [-0.39, 0.29) is 30.1 Å². The number of rotatable bonds is 8. The number of hydrogen-bond donors (Lipinski definition) is 3. The zero-order valence-corrected chi connectivity index (χ0v) is 21.1. The molecule has 1 aliphatic heterocycles. The zero-order chi connectivity index (χ0) is 26.0. The zero-order valence-electron chi connectivity index (χ0n) is 21.1. The third-order valence-corrected chi connectivity index (χ3v) is 7.69. The maximum Gasteiger partial charge on any atom is 0.233 e. The van der Waals surface area contributed by atoms with Gasteiger partial charge in [-0.15, -0.1) is 0 Å². The third kappa shape index (κ3) is 4.88. The van der Waals surface area contributed by atoms with Crippen LogP contribution in [0.25, 0.3) is 11.6 Å². The molecule has 0 aromatic heterocycles. The molecule has 2 aliphatic rings. The predicted octanol–water partition coefficient (Wildman–Crippen LogP) is 4.27. The highest BCUT2D eigenvalue weighted by molar-refractivity contribution is 6.05. The van der Waals surface area contributed by atoms with Crippen molar-refractivity contribution in [2.24, 2.45) is 23.7 Å². The fourth-order valence-electron chi connectivity index (χ4n) is 5.80. The molecule has 6 nitrogen and oxygen atoms in total. The summed E-state index contributed by atoms with van der Waals surface area (Å²) in [5.74, 6) is -1.92. The van der Waals surface area contributed by atoms with Gasteiger partial charge in [-0.05, 0) is 54.0 Å². The number of para-hydroxylation sites is 1. The van der Waals surface area contributed by atoms with Gasteiger partial charge in [0.2, 0.25) is 11.8 Å². The Morgan fingerprint density at radius 3 is 2.36 bits per heavy atom. The highest BCUT2D eigenvalue weighted by Gasteiger charge is 2.53. The molecule has 1 saturated heterocycles. The fraction of sp³-hybridized carbons (Fsp3) is 0.400. The molecule has 0 radical (unpaired) electrons. The number of likely N-dealkylation sites (tertiary alicyclic amines) is 1. The number of imide groups is 1. The molecule has 4 rings (SSSR count). The fourth-order valence-corrected chi connectivity index (χ4v) is 5.80. The number of amides is 2. The number of aromatic hydroxyl groups is 1. The molecule has 0 unspecified atom stereocenters. The van der Waals surface area contributed by atoms with Crippen LogP contribution in [-0.2, 0) is 9.59 Å². The van der Waals surface area contributed by atoms with Crippen molar-refractivity contribution in [3.63, 3.8) is 0 Å². The first kappa shape index (κ1) is 25.9. The molecule has 36 heavy (non-hydrogen) atoms. The summed E-state index contributed by atoms with van der Waals surface area (Å²) in [5, 5.41) is 32.2. The molecule has 4 atom stereocenters. The summed E-state index contributed by atoms with van der Waals surface area (Å²) in [4.78, 5) is 26.8. The average molecular weight is 490 g/mol. The van der Waals surface area contributed by atoms with Gasteiger partial charge < -0.3 is 15.3 Å². The lowest BCUT2D eigenvalue weighted by atomic mass is 9.66. The van der Waals surface area contributed by atoms with Gasteiger partial charge in [-0.2, -0.15) is 0 Å². The van der Waals surface area contributed by atoms with Crippen molar-refractivity contribution in [2.75, 3.05) is 13.7 Å². The summed E-state index contributed by atoms with van der Waals surface area (Å²) in [5.41, 5.74) is 4.32. The summed E-state index contributed by atoms with van der Waals surface area (Å²) in [6.07, 6.45) is 2.40. The Balaban J connectivity index is 1.66. The molecular formula is C30H35NO5. The number of phenolic OH excluding ortho intramolecular Hbond substituents is 1. The smallest absolute Gasteiger partial charge is 0.233 e. The van der Waals surface area contributed by atoms with E-state index in [1.165, 1.54) is 11.9 Å². The summed E-state index contributed by atoms with van der Waals surface area (Å²) >= 11 is 0. The minimum absolute atomic E-state index is 0.0730. The molecule has 2 aromatic rings. The van der Waals surface area contributed by atoms with E-state index in [0.29, 0.717) is 30.4 Å². The van der Waals surface area contributed by atoms with Crippen LogP contribution in [0.5, 0.6) is 5.75 Å². The maximum absolute atomic E-state index is 12.9. The molecule has 190 valence electrons. The monoisotopic (exact) mass is 489 g/mol. The number of phenols is 1. The molecule has 2 aromatic carbocycles. The lowest BCUT2D eigenvalue weighted by Gasteiger charge is -2.38. The van der Waals surface area contributed by atoms with E-state index in [2.05, 4.69) is 0 Å². The predicted molar refractivity (Wildman–Crippen MR) is 139 cm³/mol. The first-order valence-corrected chi connectivity index (χ1v) is 12.6. The first-order chi connectivity index (χ1) is 17.2. The highest BCUT2D eigenvalue weighted by Crippen LogP contribution is 2.47. The van der Waals surface area contributed by atoms with E-state index in [1.807, 2.05) is 62.4 Å². The number of aliphatic hydroxyl groups is 2. The second-order valence-electron chi connectivity index (χ2n) is 10.1. The van der Waals surface area contributed by atoms with Crippen LogP contribution in [0.2, 0.25) is 0 Å². The topological polar surface area (TPSA) is 98.1 Å². The minimum atomic E-state index is -0.870. The lowest BCUT2D eigenvalue weighted by Crippen LogP contribution is -2.39. The van der Waals surface area contributed by atoms with Gasteiger partial charge in [0.05, 0.1) is 24.5 Å². The first-order valence-electron chi connectivity index (χ1n) is 12.6. The van der Waals surface area contributed by atoms with Crippen molar-refractivity contribution < 1.29 is 24.9 Å². The van der Waals surface area contributed by atoms with Crippen LogP contribution >= 0.6 is 0 Å². The van der Waals surface area contributed by atoms with Crippen molar-refractivity contribution >= 4 is 23.5 Å². The van der Waals surface area contributed by atoms with E-state index in [9.17, 15) is 24.9 Å². The number of fused-ring (bicyclic) bond motifs is 1. The Kier molecular flexibility index (Phi) is 7.76. The normalized spacial score (nSPS) is 23.4. The quantitative estimate of drug-likeness (QED) is 0.292. The highest BCUT2D eigenvalue weighted by atomic mass is 16.3. The molecule has 6 heteroatoms. The van der Waals surface area contributed by atoms with Gasteiger partial charge in [0.1, 0.15) is 5.75 Å². The summed E-state index contributed by atoms with van der Waals surface area (Å²) in [6.45, 7) is 3.75. The van der Waals surface area contributed by atoms with Crippen LogP contribution in [0.15, 0.2) is 65.7 Å². The summed E-state index contributed by atoms with van der Waals surface area (Å²) < 4.78 is 0. The average Bonchev–Trinajstić information content (AvgIpc) is 3.10. The molecule has 1 fully saturated rings. The van der Waals surface area contributed by atoms with Gasteiger partial charge in [-0.1, -0.05) is 68.0 Å². The second kappa shape index (κ2) is 10.8. The van der Waals surface area contributed by atoms with E-state index in [4.69, 9.17) is 0 Å². The molecule has 2 amide bonds. The van der Waals surface area contributed by atoms with Crippen LogP contribution in [0.3, 0.4) is 0 Å². The molecular weight excluding hydrogens is 454 g/mol. The standard InChI is InChI=1S/C30H35NO5/c1-18(2)22-16-23-28(30(36)31(3)29(23)35)24(17-32)27(22)26(34)14-13-20(19-9-5-4-6-10-19)15-21-11-7-8-12-25(21)33/h4-12,15,18,23-24,26,28,32-34H,13-14,16-17H2,1-3H3/b20-15-/t23-,24+,26-,28-/m1/s1. The summed E-state index contributed by atoms with van der Waals surface area (Å²) in [7, 11) is 1.50. The number of carbonyl (C=O) groups excluding carboxylic acids is 2. The SMILES string of the molecule is CC(C)C1=C([C@H](O)CC/C(=C/c2ccccc2O)c2ccccc2)[C@H](CO)[C@@H]2C(=O)N(C)C(=O)[C@@H]2C1. The molecule has 0 bridgehead atoms. The van der Waals surface area contributed by atoms with Crippen molar-refractivity contribution in [3.05, 3.63) is 76.9 Å². The lowest BCUT2D eigenvalue weighted by molar-refractivity contribution is -0.138. The van der Waals surface area contributed by atoms with Gasteiger partial charge in [0, 0.05) is 18.5 Å². The van der Waals surface area contributed by atoms with Crippen LogP contribution in [0.1, 0.15) is 44.2 Å². The molecule has 0 spiro atoms. The van der Waals surface area contributed by atoms with E-state index in [0.717, 1.165) is 16.7 Å². The van der Waals surface area contributed by atoms with Crippen LogP contribution in [0.4, 0.5) is 0 Å². The molecule has 0 saturated carbocycles. The Morgan fingerprint density at radius 1 is 1.06 bits per heavy atom. The third-order valence-electron chi connectivity index (χ3n) is 7.69. The summed E-state index contributed by atoms with van der Waals surface area (Å²) in [6, 6.07) is 17.0. The number of nitrogens with zero attached hydrogens (tertiary/aromatic N) is 1. The Morgan fingerprint density at radius 2 is 1.72 bits per heavy atom. The Bertz CT molecular complexity index is 1180. The van der Waals surface area contributed by atoms with Gasteiger partial charge in [-0.3, -0.25) is 14.5 Å². The number of hydrogen-bond acceptors (Lipinski definition) is 5. The Hall–Kier alpha value is -3.22. The number of aliphatic hydroxyl groups excluding tert-OH is 2. The van der Waals surface area contributed by atoms with Gasteiger partial charge in [0.25, 0.3) is 0 Å². The van der Waals surface area contributed by atoms with Gasteiger partial charge >= 0.3 is 0 Å².